The van der Waals surface area contributed by atoms with E-state index in [-0.39, 0.29) is 35.9 Å². The van der Waals surface area contributed by atoms with Gasteiger partial charge in [0.1, 0.15) is 6.61 Å². The standard InChI is InChI=1S/C31H44N2O5/c1-36-28(34)17-14-22-12-5-6-13-23(22)19-24-26-15-16-27(38-26)29(24)31-33-25(20-37-31)30(35)32-18-8-7-11-21-9-3-2-4-10-21/h5-6,12-13,21,24-27,29H,2-4,7-11,14-20H2,1H3,(H,32,35)/t24-,25?,26-,27+,29-/m0/s1. The van der Waals surface area contributed by atoms with Gasteiger partial charge >= 0.3 is 5.97 Å². The summed E-state index contributed by atoms with van der Waals surface area (Å²) < 4.78 is 17.2. The molecule has 1 aromatic rings. The van der Waals surface area contributed by atoms with Crippen LogP contribution in [0.1, 0.15) is 81.8 Å². The highest BCUT2D eigenvalue weighted by Gasteiger charge is 2.53. The van der Waals surface area contributed by atoms with Gasteiger partial charge in [0, 0.05) is 18.9 Å². The molecule has 7 heteroatoms. The van der Waals surface area contributed by atoms with Crippen molar-refractivity contribution in [2.75, 3.05) is 20.3 Å². The summed E-state index contributed by atoms with van der Waals surface area (Å²) in [4.78, 5) is 29.3. The molecule has 5 rings (SSSR count). The van der Waals surface area contributed by atoms with Gasteiger partial charge in [-0.3, -0.25) is 9.59 Å². The fraction of sp³-hybridized carbons (Fsp3) is 0.710. The molecule has 38 heavy (non-hydrogen) atoms. The van der Waals surface area contributed by atoms with Gasteiger partial charge in [-0.1, -0.05) is 69.2 Å². The number of hydrogen-bond donors (Lipinski definition) is 1. The van der Waals surface area contributed by atoms with Crippen LogP contribution in [0.15, 0.2) is 29.3 Å². The maximum Gasteiger partial charge on any atom is 0.305 e. The van der Waals surface area contributed by atoms with Crippen LogP contribution in [0.25, 0.3) is 0 Å². The lowest BCUT2D eigenvalue weighted by molar-refractivity contribution is -0.140. The predicted molar refractivity (Wildman–Crippen MR) is 146 cm³/mol. The first-order valence-corrected chi connectivity index (χ1v) is 14.9. The number of carbonyl (C=O) groups is 2. The van der Waals surface area contributed by atoms with Crippen molar-refractivity contribution in [2.45, 2.75) is 102 Å². The van der Waals surface area contributed by atoms with Gasteiger partial charge < -0.3 is 19.5 Å². The van der Waals surface area contributed by atoms with Crippen molar-refractivity contribution in [1.82, 2.24) is 5.32 Å². The molecule has 1 aromatic carbocycles. The summed E-state index contributed by atoms with van der Waals surface area (Å²) in [5, 5.41) is 3.10. The van der Waals surface area contributed by atoms with Gasteiger partial charge in [0.15, 0.2) is 11.9 Å². The highest BCUT2D eigenvalue weighted by atomic mass is 16.5. The van der Waals surface area contributed by atoms with Gasteiger partial charge in [0.25, 0.3) is 0 Å². The second kappa shape index (κ2) is 13.1. The number of fused-ring (bicyclic) bond motifs is 2. The molecular formula is C31H44N2O5. The van der Waals surface area contributed by atoms with Crippen LogP contribution >= 0.6 is 0 Å². The number of hydrogen-bond acceptors (Lipinski definition) is 6. The average Bonchev–Trinajstić information content (AvgIpc) is 3.70. The lowest BCUT2D eigenvalue weighted by atomic mass is 9.75. The zero-order valence-corrected chi connectivity index (χ0v) is 22.9. The van der Waals surface area contributed by atoms with E-state index in [0.717, 1.165) is 38.1 Å². The van der Waals surface area contributed by atoms with Crippen LogP contribution in [0.3, 0.4) is 0 Å². The lowest BCUT2D eigenvalue weighted by Gasteiger charge is -2.28. The molecule has 3 aliphatic heterocycles. The number of methoxy groups -OCH3 is 1. The van der Waals surface area contributed by atoms with Gasteiger partial charge in [-0.25, -0.2) is 4.99 Å². The molecular weight excluding hydrogens is 480 g/mol. The number of rotatable bonds is 12. The first-order chi connectivity index (χ1) is 18.6. The quantitative estimate of drug-likeness (QED) is 0.314. The summed E-state index contributed by atoms with van der Waals surface area (Å²) >= 11 is 0. The number of aryl methyl sites for hydroxylation is 1. The highest BCUT2D eigenvalue weighted by molar-refractivity contribution is 5.90. The summed E-state index contributed by atoms with van der Waals surface area (Å²) in [7, 11) is 1.43. The largest absolute Gasteiger partial charge is 0.478 e. The van der Waals surface area contributed by atoms with Gasteiger partial charge in [-0.05, 0) is 49.1 Å². The van der Waals surface area contributed by atoms with Gasteiger partial charge in [0.2, 0.25) is 5.91 Å². The van der Waals surface area contributed by atoms with E-state index in [4.69, 9.17) is 19.2 Å². The van der Waals surface area contributed by atoms with E-state index in [1.165, 1.54) is 63.2 Å². The number of nitrogens with one attached hydrogen (secondary N) is 1. The summed E-state index contributed by atoms with van der Waals surface area (Å²) in [6, 6.07) is 7.86. The maximum absolute atomic E-state index is 12.8. The van der Waals surface area contributed by atoms with Crippen molar-refractivity contribution in [1.29, 1.82) is 0 Å². The Morgan fingerprint density at radius 1 is 1.03 bits per heavy atom. The van der Waals surface area contributed by atoms with E-state index < -0.39 is 6.04 Å². The minimum absolute atomic E-state index is 0.0218. The van der Waals surface area contributed by atoms with Crippen molar-refractivity contribution in [2.24, 2.45) is 22.7 Å². The number of ether oxygens (including phenoxy) is 3. The maximum atomic E-state index is 12.8. The smallest absolute Gasteiger partial charge is 0.305 e. The average molecular weight is 525 g/mol. The molecule has 1 saturated carbocycles. The van der Waals surface area contributed by atoms with E-state index in [0.29, 0.717) is 25.3 Å². The minimum Gasteiger partial charge on any atom is -0.478 e. The third-order valence-electron chi connectivity index (χ3n) is 9.15. The molecule has 0 spiro atoms. The van der Waals surface area contributed by atoms with E-state index in [1.54, 1.807) is 0 Å². The number of aliphatic imine (C=N–C) groups is 1. The van der Waals surface area contributed by atoms with Crippen LogP contribution in [0.2, 0.25) is 0 Å². The first kappa shape index (κ1) is 27.2. The van der Waals surface area contributed by atoms with E-state index in [2.05, 4.69) is 23.5 Å². The number of benzene rings is 1. The number of nitrogens with zero attached hydrogens (tertiary/aromatic N) is 1. The minimum atomic E-state index is -0.463. The third kappa shape index (κ3) is 6.59. The molecule has 2 bridgehead atoms. The van der Waals surface area contributed by atoms with Crippen molar-refractivity contribution in [3.8, 4) is 0 Å². The second-order valence-corrected chi connectivity index (χ2v) is 11.6. The number of unbranched alkanes of at least 4 members (excludes halogenated alkanes) is 1. The molecule has 0 aromatic heterocycles. The summed E-state index contributed by atoms with van der Waals surface area (Å²) in [5.41, 5.74) is 2.41. The van der Waals surface area contributed by atoms with Crippen LogP contribution in [-0.2, 0) is 36.6 Å². The van der Waals surface area contributed by atoms with Gasteiger partial charge in [-0.15, -0.1) is 0 Å². The Morgan fingerprint density at radius 3 is 2.63 bits per heavy atom. The molecule has 1 unspecified atom stereocenters. The zero-order valence-electron chi connectivity index (χ0n) is 22.9. The van der Waals surface area contributed by atoms with Crippen molar-refractivity contribution < 1.29 is 23.8 Å². The molecule has 0 radical (unpaired) electrons. The Bertz CT molecular complexity index is 988. The van der Waals surface area contributed by atoms with Gasteiger partial charge in [-0.2, -0.15) is 0 Å². The van der Waals surface area contributed by atoms with Crippen LogP contribution < -0.4 is 5.32 Å². The molecule has 3 heterocycles. The molecule has 2 saturated heterocycles. The number of amides is 1. The Kier molecular flexibility index (Phi) is 9.36. The summed E-state index contributed by atoms with van der Waals surface area (Å²) in [6.45, 7) is 1.04. The molecule has 5 atom stereocenters. The topological polar surface area (TPSA) is 86.2 Å². The highest BCUT2D eigenvalue weighted by Crippen LogP contribution is 2.46. The Labute approximate surface area is 227 Å². The monoisotopic (exact) mass is 524 g/mol. The number of esters is 1. The van der Waals surface area contributed by atoms with E-state index in [9.17, 15) is 9.59 Å². The summed E-state index contributed by atoms with van der Waals surface area (Å²) in [6.07, 6.45) is 14.7. The fourth-order valence-electron chi connectivity index (χ4n) is 7.04. The van der Waals surface area contributed by atoms with Crippen molar-refractivity contribution in [3.05, 3.63) is 35.4 Å². The molecule has 1 amide bonds. The third-order valence-corrected chi connectivity index (χ3v) is 9.15. The Morgan fingerprint density at radius 2 is 1.82 bits per heavy atom. The van der Waals surface area contributed by atoms with Crippen molar-refractivity contribution in [3.63, 3.8) is 0 Å². The predicted octanol–water partition coefficient (Wildman–Crippen LogP) is 4.79. The zero-order chi connectivity index (χ0) is 26.3. The first-order valence-electron chi connectivity index (χ1n) is 14.9. The molecule has 7 nitrogen and oxygen atoms in total. The molecule has 3 fully saturated rings. The fourth-order valence-corrected chi connectivity index (χ4v) is 7.04. The Balaban J connectivity index is 1.15. The SMILES string of the molecule is COC(=O)CCc1ccccc1C[C@@H]1[C@H](C2=NC(C(=O)NCCCCC3CCCCC3)CO2)[C@H]2CC[C@@H]1O2. The van der Waals surface area contributed by atoms with Crippen LogP contribution in [0.4, 0.5) is 0 Å². The van der Waals surface area contributed by atoms with Crippen LogP contribution in [-0.4, -0.2) is 56.3 Å². The van der Waals surface area contributed by atoms with Crippen molar-refractivity contribution >= 4 is 17.8 Å². The second-order valence-electron chi connectivity index (χ2n) is 11.6. The van der Waals surface area contributed by atoms with Crippen LogP contribution in [0, 0.1) is 17.8 Å². The lowest BCUT2D eigenvalue weighted by Crippen LogP contribution is -2.35. The Hall–Kier alpha value is -2.41. The molecule has 4 aliphatic rings. The summed E-state index contributed by atoms with van der Waals surface area (Å²) in [5.74, 6) is 1.72. The molecule has 1 N–H and O–H groups in total. The van der Waals surface area contributed by atoms with E-state index >= 15 is 0 Å². The number of carbonyl (C=O) groups excluding carboxylic acids is 2. The molecule has 1 aliphatic carbocycles. The van der Waals surface area contributed by atoms with Gasteiger partial charge in [0.05, 0.1) is 25.2 Å². The molecule has 208 valence electrons. The van der Waals surface area contributed by atoms with Crippen LogP contribution in [0.5, 0.6) is 0 Å². The van der Waals surface area contributed by atoms with E-state index in [1.807, 2.05) is 6.07 Å². The normalized spacial score (nSPS) is 28.7.